The van der Waals surface area contributed by atoms with Crippen molar-refractivity contribution in [2.45, 2.75) is 77.5 Å². The number of halogens is 1. The standard InChI is InChI=1S/C26H39ClN4O2/c1-5-11-25(6-2)12-22(13-28-16-25)29-17-26(18-29)24(33)30(19(3)4)15-23(32)31(26)14-20-7-9-21(27)10-8-20/h7-10,19,22,28H,5-6,11-18H2,1-4H3. The summed E-state index contributed by atoms with van der Waals surface area (Å²) in [7, 11) is 0. The molecule has 33 heavy (non-hydrogen) atoms. The average Bonchev–Trinajstić information content (AvgIpc) is 2.76. The Labute approximate surface area is 203 Å². The number of amides is 2. The molecule has 7 heteroatoms. The topological polar surface area (TPSA) is 55.9 Å². The Morgan fingerprint density at radius 1 is 1.15 bits per heavy atom. The van der Waals surface area contributed by atoms with E-state index in [1.54, 1.807) is 4.90 Å². The average molecular weight is 475 g/mol. The third kappa shape index (κ3) is 4.54. The van der Waals surface area contributed by atoms with Crippen LogP contribution in [0.4, 0.5) is 0 Å². The van der Waals surface area contributed by atoms with Crippen molar-refractivity contribution in [3.05, 3.63) is 34.9 Å². The smallest absolute Gasteiger partial charge is 0.251 e. The number of piperazine rings is 1. The monoisotopic (exact) mass is 474 g/mol. The van der Waals surface area contributed by atoms with Crippen LogP contribution >= 0.6 is 11.6 Å². The van der Waals surface area contributed by atoms with Crippen LogP contribution < -0.4 is 5.32 Å². The lowest BCUT2D eigenvalue weighted by molar-refractivity contribution is -0.185. The maximum absolute atomic E-state index is 13.8. The predicted octanol–water partition coefficient (Wildman–Crippen LogP) is 3.53. The molecule has 0 radical (unpaired) electrons. The Morgan fingerprint density at radius 3 is 2.45 bits per heavy atom. The van der Waals surface area contributed by atoms with Gasteiger partial charge >= 0.3 is 0 Å². The highest BCUT2D eigenvalue weighted by Crippen LogP contribution is 2.42. The highest BCUT2D eigenvalue weighted by atomic mass is 35.5. The lowest BCUT2D eigenvalue weighted by Crippen LogP contribution is -2.82. The van der Waals surface area contributed by atoms with Crippen molar-refractivity contribution in [2.24, 2.45) is 5.41 Å². The molecule has 3 heterocycles. The molecule has 1 spiro atoms. The number of likely N-dealkylation sites (tertiary alicyclic amines) is 1. The molecule has 1 aromatic rings. The third-order valence-corrected chi connectivity index (χ3v) is 8.44. The zero-order chi connectivity index (χ0) is 23.8. The van der Waals surface area contributed by atoms with Crippen LogP contribution in [-0.2, 0) is 16.1 Å². The molecule has 3 aliphatic heterocycles. The van der Waals surface area contributed by atoms with Gasteiger partial charge in [0, 0.05) is 49.8 Å². The number of carbonyl (C=O) groups is 2. The van der Waals surface area contributed by atoms with Gasteiger partial charge in [0.2, 0.25) is 5.91 Å². The number of rotatable bonds is 7. The first-order valence-electron chi connectivity index (χ1n) is 12.5. The Balaban J connectivity index is 1.56. The second kappa shape index (κ2) is 9.55. The lowest BCUT2D eigenvalue weighted by Gasteiger charge is -2.61. The van der Waals surface area contributed by atoms with Crippen LogP contribution in [0, 0.1) is 5.41 Å². The number of benzene rings is 1. The van der Waals surface area contributed by atoms with Crippen LogP contribution in [0.15, 0.2) is 24.3 Å². The molecule has 2 unspecified atom stereocenters. The number of nitrogens with one attached hydrogen (secondary N) is 1. The third-order valence-electron chi connectivity index (χ3n) is 8.18. The highest BCUT2D eigenvalue weighted by Gasteiger charge is 2.61. The summed E-state index contributed by atoms with van der Waals surface area (Å²) >= 11 is 6.06. The molecule has 0 saturated carbocycles. The molecule has 0 aromatic heterocycles. The minimum Gasteiger partial charge on any atom is -0.329 e. The van der Waals surface area contributed by atoms with E-state index in [1.165, 1.54) is 19.3 Å². The molecule has 2 amide bonds. The van der Waals surface area contributed by atoms with E-state index >= 15 is 0 Å². The quantitative estimate of drug-likeness (QED) is 0.656. The molecule has 3 fully saturated rings. The Bertz CT molecular complexity index is 864. The van der Waals surface area contributed by atoms with Crippen molar-refractivity contribution >= 4 is 23.4 Å². The fourth-order valence-corrected chi connectivity index (χ4v) is 6.24. The van der Waals surface area contributed by atoms with E-state index in [4.69, 9.17) is 11.6 Å². The summed E-state index contributed by atoms with van der Waals surface area (Å²) in [6, 6.07) is 8.01. The van der Waals surface area contributed by atoms with E-state index in [2.05, 4.69) is 24.1 Å². The van der Waals surface area contributed by atoms with Crippen molar-refractivity contribution in [2.75, 3.05) is 32.7 Å². The molecule has 182 valence electrons. The first-order valence-corrected chi connectivity index (χ1v) is 12.9. The molecule has 0 aliphatic carbocycles. The number of nitrogens with zero attached hydrogens (tertiary/aromatic N) is 3. The van der Waals surface area contributed by atoms with Gasteiger partial charge in [0.1, 0.15) is 12.1 Å². The summed E-state index contributed by atoms with van der Waals surface area (Å²) in [6.45, 7) is 12.4. The molecule has 6 nitrogen and oxygen atoms in total. The highest BCUT2D eigenvalue weighted by molar-refractivity contribution is 6.30. The number of piperidine rings is 1. The SMILES string of the molecule is CCCC1(CC)CNCC(N2CC3(C2)C(=O)N(C(C)C)CC(=O)N3Cc2ccc(Cl)cc2)C1. The maximum atomic E-state index is 13.8. The summed E-state index contributed by atoms with van der Waals surface area (Å²) < 4.78 is 0. The predicted molar refractivity (Wildman–Crippen MR) is 132 cm³/mol. The van der Waals surface area contributed by atoms with Crippen LogP contribution in [0.5, 0.6) is 0 Å². The molecule has 2 atom stereocenters. The minimum atomic E-state index is -0.768. The summed E-state index contributed by atoms with van der Waals surface area (Å²) in [4.78, 5) is 33.1. The Kier molecular flexibility index (Phi) is 7.09. The molecule has 4 rings (SSSR count). The van der Waals surface area contributed by atoms with Gasteiger partial charge in [-0.05, 0) is 56.2 Å². The van der Waals surface area contributed by atoms with E-state index in [-0.39, 0.29) is 24.4 Å². The summed E-state index contributed by atoms with van der Waals surface area (Å²) in [5.41, 5.74) is 0.569. The molecular weight excluding hydrogens is 436 g/mol. The van der Waals surface area contributed by atoms with Crippen molar-refractivity contribution in [1.29, 1.82) is 0 Å². The zero-order valence-electron chi connectivity index (χ0n) is 20.6. The van der Waals surface area contributed by atoms with Gasteiger partial charge in [-0.3, -0.25) is 14.5 Å². The van der Waals surface area contributed by atoms with E-state index < -0.39 is 5.54 Å². The minimum absolute atomic E-state index is 0.0127. The van der Waals surface area contributed by atoms with Crippen LogP contribution in [-0.4, -0.2) is 76.9 Å². The lowest BCUT2D eigenvalue weighted by atomic mass is 9.71. The molecule has 1 N–H and O–H groups in total. The van der Waals surface area contributed by atoms with E-state index in [0.29, 0.717) is 36.1 Å². The van der Waals surface area contributed by atoms with E-state index in [9.17, 15) is 9.59 Å². The van der Waals surface area contributed by atoms with Crippen molar-refractivity contribution < 1.29 is 9.59 Å². The van der Waals surface area contributed by atoms with E-state index in [1.807, 2.05) is 43.0 Å². The second-order valence-corrected chi connectivity index (χ2v) is 11.1. The summed E-state index contributed by atoms with van der Waals surface area (Å²) in [5.74, 6) is 0.134. The van der Waals surface area contributed by atoms with Crippen LogP contribution in [0.25, 0.3) is 0 Å². The van der Waals surface area contributed by atoms with Crippen molar-refractivity contribution in [1.82, 2.24) is 20.0 Å². The molecule has 0 bridgehead atoms. The van der Waals surface area contributed by atoms with E-state index in [0.717, 1.165) is 25.1 Å². The van der Waals surface area contributed by atoms with Gasteiger partial charge in [0.05, 0.1) is 0 Å². The maximum Gasteiger partial charge on any atom is 0.251 e. The number of hydrogen-bond donors (Lipinski definition) is 1. The Hall–Kier alpha value is -1.63. The summed E-state index contributed by atoms with van der Waals surface area (Å²) in [5, 5.41) is 4.35. The van der Waals surface area contributed by atoms with Gasteiger partial charge in [-0.25, -0.2) is 0 Å². The van der Waals surface area contributed by atoms with Gasteiger partial charge in [-0.2, -0.15) is 0 Å². The van der Waals surface area contributed by atoms with Crippen LogP contribution in [0.1, 0.15) is 58.9 Å². The van der Waals surface area contributed by atoms with Gasteiger partial charge in [-0.15, -0.1) is 0 Å². The number of hydrogen-bond acceptors (Lipinski definition) is 4. The van der Waals surface area contributed by atoms with Crippen molar-refractivity contribution in [3.8, 4) is 0 Å². The number of carbonyl (C=O) groups excluding carboxylic acids is 2. The Morgan fingerprint density at radius 2 is 1.85 bits per heavy atom. The van der Waals surface area contributed by atoms with Crippen LogP contribution in [0.3, 0.4) is 0 Å². The fraction of sp³-hybridized carbons (Fsp3) is 0.692. The molecule has 1 aromatic carbocycles. The van der Waals surface area contributed by atoms with Gasteiger partial charge in [-0.1, -0.05) is 44.0 Å². The van der Waals surface area contributed by atoms with Gasteiger partial charge < -0.3 is 15.1 Å². The first kappa shape index (κ1) is 24.5. The van der Waals surface area contributed by atoms with Gasteiger partial charge in [0.25, 0.3) is 5.91 Å². The molecular formula is C26H39ClN4O2. The van der Waals surface area contributed by atoms with Gasteiger partial charge in [0.15, 0.2) is 0 Å². The normalized spacial score (nSPS) is 28.0. The second-order valence-electron chi connectivity index (χ2n) is 10.7. The first-order chi connectivity index (χ1) is 15.7. The largest absolute Gasteiger partial charge is 0.329 e. The summed E-state index contributed by atoms with van der Waals surface area (Å²) in [6.07, 6.45) is 4.75. The zero-order valence-corrected chi connectivity index (χ0v) is 21.3. The fourth-order valence-electron chi connectivity index (χ4n) is 6.12. The molecule has 3 aliphatic rings. The van der Waals surface area contributed by atoms with Crippen molar-refractivity contribution in [3.63, 3.8) is 0 Å². The molecule has 3 saturated heterocycles. The van der Waals surface area contributed by atoms with Crippen LogP contribution in [0.2, 0.25) is 5.02 Å².